The Kier molecular flexibility index (Phi) is 3.84. The monoisotopic (exact) mass is 320 g/mol. The highest BCUT2D eigenvalue weighted by Gasteiger charge is 2.49. The molecule has 0 bridgehead atoms. The van der Waals surface area contributed by atoms with Crippen LogP contribution >= 0.6 is 0 Å². The summed E-state index contributed by atoms with van der Waals surface area (Å²) < 4.78 is 11.9. The van der Waals surface area contributed by atoms with E-state index in [0.717, 1.165) is 24.2 Å². The number of rotatable bonds is 2. The molecular weight excluding hydrogens is 296 g/mol. The van der Waals surface area contributed by atoms with E-state index in [1.807, 2.05) is 26.8 Å². The van der Waals surface area contributed by atoms with Gasteiger partial charge in [0.1, 0.15) is 5.60 Å². The lowest BCUT2D eigenvalue weighted by Gasteiger charge is -2.42. The van der Waals surface area contributed by atoms with Gasteiger partial charge in [0, 0.05) is 24.7 Å². The molecule has 0 spiro atoms. The van der Waals surface area contributed by atoms with E-state index in [-0.39, 0.29) is 28.9 Å². The number of morpholine rings is 1. The van der Waals surface area contributed by atoms with E-state index in [2.05, 4.69) is 18.7 Å². The summed E-state index contributed by atoms with van der Waals surface area (Å²) in [6.07, 6.45) is 0.273. The Labute approximate surface area is 136 Å². The van der Waals surface area contributed by atoms with Crippen LogP contribution in [0.25, 0.3) is 0 Å². The van der Waals surface area contributed by atoms with Crippen LogP contribution in [0.3, 0.4) is 0 Å². The van der Waals surface area contributed by atoms with Crippen molar-refractivity contribution in [3.63, 3.8) is 0 Å². The van der Waals surface area contributed by atoms with Crippen LogP contribution in [-0.4, -0.2) is 40.7 Å². The first-order chi connectivity index (χ1) is 10.7. The van der Waals surface area contributed by atoms with Crippen LogP contribution in [0.5, 0.6) is 5.75 Å². The van der Waals surface area contributed by atoms with E-state index >= 15 is 0 Å². The zero-order valence-corrected chi connectivity index (χ0v) is 14.3. The predicted octanol–water partition coefficient (Wildman–Crippen LogP) is 3.22. The van der Waals surface area contributed by atoms with Crippen LogP contribution in [0.2, 0.25) is 0 Å². The lowest BCUT2D eigenvalue weighted by Crippen LogP contribution is -2.51. The molecule has 1 aromatic rings. The first-order valence-electron chi connectivity index (χ1n) is 8.07. The van der Waals surface area contributed by atoms with E-state index in [4.69, 9.17) is 9.47 Å². The predicted molar refractivity (Wildman–Crippen MR) is 86.9 cm³/mol. The Morgan fingerprint density at radius 1 is 1.26 bits per heavy atom. The van der Waals surface area contributed by atoms with Crippen LogP contribution in [0.1, 0.15) is 44.9 Å². The van der Waals surface area contributed by atoms with Gasteiger partial charge in [0.15, 0.2) is 0 Å². The molecule has 0 saturated carbocycles. The second kappa shape index (κ2) is 5.46. The van der Waals surface area contributed by atoms with Crippen molar-refractivity contribution in [3.8, 4) is 5.75 Å². The number of ether oxygens (including phenoxy) is 2. The number of benzene rings is 1. The molecule has 2 aliphatic rings. The van der Waals surface area contributed by atoms with Crippen molar-refractivity contribution < 1.29 is 14.4 Å². The normalized spacial score (nSPS) is 29.9. The summed E-state index contributed by atoms with van der Waals surface area (Å²) in [6, 6.07) is 3.35. The van der Waals surface area contributed by atoms with Gasteiger partial charge in [-0.25, -0.2) is 0 Å². The van der Waals surface area contributed by atoms with E-state index < -0.39 is 5.60 Å². The molecule has 0 aliphatic carbocycles. The number of nitro benzene ring substituents is 1. The van der Waals surface area contributed by atoms with Crippen molar-refractivity contribution in [2.24, 2.45) is 0 Å². The number of nitrogens with zero attached hydrogens (tertiary/aromatic N) is 2. The lowest BCUT2D eigenvalue weighted by molar-refractivity contribution is -0.386. The molecule has 0 unspecified atom stereocenters. The molecule has 0 radical (unpaired) electrons. The molecule has 126 valence electrons. The Morgan fingerprint density at radius 2 is 1.87 bits per heavy atom. The van der Waals surface area contributed by atoms with Gasteiger partial charge in [-0.3, -0.25) is 15.0 Å². The fourth-order valence-corrected chi connectivity index (χ4v) is 3.99. The Bertz CT molecular complexity index is 634. The molecule has 1 aromatic carbocycles. The van der Waals surface area contributed by atoms with Gasteiger partial charge in [0.2, 0.25) is 5.75 Å². The SMILES string of the molecule is Cc1ccc([N+](=O)[O-])c2c1[C@H](N1C[C@@H](C)O[C@H](C)C1)C(C)(C)O2. The average Bonchev–Trinajstić information content (AvgIpc) is 2.69. The van der Waals surface area contributed by atoms with E-state index in [1.165, 1.54) is 6.07 Å². The summed E-state index contributed by atoms with van der Waals surface area (Å²) in [7, 11) is 0. The Balaban J connectivity index is 2.09. The van der Waals surface area contributed by atoms with Crippen LogP contribution in [0.4, 0.5) is 5.69 Å². The maximum atomic E-state index is 11.4. The van der Waals surface area contributed by atoms with Crippen LogP contribution in [-0.2, 0) is 4.74 Å². The molecule has 2 heterocycles. The van der Waals surface area contributed by atoms with Gasteiger partial charge in [0.05, 0.1) is 23.2 Å². The van der Waals surface area contributed by atoms with Gasteiger partial charge in [-0.05, 0) is 40.2 Å². The van der Waals surface area contributed by atoms with Crippen LogP contribution < -0.4 is 4.74 Å². The highest BCUT2D eigenvalue weighted by atomic mass is 16.6. The quantitative estimate of drug-likeness (QED) is 0.618. The van der Waals surface area contributed by atoms with Gasteiger partial charge in [0.25, 0.3) is 0 Å². The lowest BCUT2D eigenvalue weighted by atomic mass is 9.89. The fourth-order valence-electron chi connectivity index (χ4n) is 3.99. The summed E-state index contributed by atoms with van der Waals surface area (Å²) in [5.41, 5.74) is 1.52. The van der Waals surface area contributed by atoms with Crippen molar-refractivity contribution in [2.45, 2.75) is 58.5 Å². The largest absolute Gasteiger partial charge is 0.479 e. The van der Waals surface area contributed by atoms with Crippen molar-refractivity contribution >= 4 is 5.69 Å². The summed E-state index contributed by atoms with van der Waals surface area (Å²) in [5, 5.41) is 11.4. The maximum Gasteiger partial charge on any atom is 0.311 e. The smallest absolute Gasteiger partial charge is 0.311 e. The van der Waals surface area contributed by atoms with Crippen LogP contribution in [0, 0.1) is 17.0 Å². The zero-order chi connectivity index (χ0) is 16.9. The molecule has 1 fully saturated rings. The summed E-state index contributed by atoms with van der Waals surface area (Å²) >= 11 is 0. The van der Waals surface area contributed by atoms with Crippen molar-refractivity contribution in [3.05, 3.63) is 33.4 Å². The van der Waals surface area contributed by atoms with Crippen molar-refractivity contribution in [1.82, 2.24) is 4.90 Å². The first kappa shape index (κ1) is 16.2. The number of nitro groups is 1. The third kappa shape index (κ3) is 2.70. The minimum atomic E-state index is -0.518. The minimum absolute atomic E-state index is 0.00815. The van der Waals surface area contributed by atoms with Gasteiger partial charge < -0.3 is 9.47 Å². The molecule has 0 aromatic heterocycles. The van der Waals surface area contributed by atoms with Gasteiger partial charge in [-0.2, -0.15) is 0 Å². The average molecular weight is 320 g/mol. The number of aryl methyl sites for hydroxylation is 1. The summed E-state index contributed by atoms with van der Waals surface area (Å²) in [6.45, 7) is 11.7. The summed E-state index contributed by atoms with van der Waals surface area (Å²) in [5.74, 6) is 0.428. The summed E-state index contributed by atoms with van der Waals surface area (Å²) in [4.78, 5) is 13.4. The second-order valence-corrected chi connectivity index (χ2v) is 7.22. The number of hydrogen-bond acceptors (Lipinski definition) is 5. The molecule has 1 saturated heterocycles. The zero-order valence-electron chi connectivity index (χ0n) is 14.3. The van der Waals surface area contributed by atoms with E-state index in [1.54, 1.807) is 0 Å². The Hall–Kier alpha value is -1.66. The second-order valence-electron chi connectivity index (χ2n) is 7.22. The van der Waals surface area contributed by atoms with Gasteiger partial charge >= 0.3 is 5.69 Å². The van der Waals surface area contributed by atoms with Gasteiger partial charge in [-0.15, -0.1) is 0 Å². The van der Waals surface area contributed by atoms with Crippen molar-refractivity contribution in [1.29, 1.82) is 0 Å². The Morgan fingerprint density at radius 3 is 2.43 bits per heavy atom. The topological polar surface area (TPSA) is 64.8 Å². The molecule has 23 heavy (non-hydrogen) atoms. The maximum absolute atomic E-state index is 11.4. The molecule has 0 amide bonds. The minimum Gasteiger partial charge on any atom is -0.479 e. The molecule has 3 rings (SSSR count). The molecule has 3 atom stereocenters. The molecule has 6 heteroatoms. The standard InChI is InChI=1S/C17H24N2O4/c1-10-6-7-13(19(20)21)15-14(10)16(17(4,5)23-15)18-8-11(2)22-12(3)9-18/h6-7,11-12,16H,8-9H2,1-5H3/t11-,12-,16+/m1/s1. The van der Waals surface area contributed by atoms with Crippen molar-refractivity contribution in [2.75, 3.05) is 13.1 Å². The third-order valence-corrected chi connectivity index (χ3v) is 4.70. The van der Waals surface area contributed by atoms with Gasteiger partial charge in [-0.1, -0.05) is 6.07 Å². The van der Waals surface area contributed by atoms with Crippen LogP contribution in [0.15, 0.2) is 12.1 Å². The van der Waals surface area contributed by atoms with E-state index in [0.29, 0.717) is 5.75 Å². The number of hydrogen-bond donors (Lipinski definition) is 0. The molecule has 0 N–H and O–H groups in total. The van der Waals surface area contributed by atoms with E-state index in [9.17, 15) is 10.1 Å². The highest BCUT2D eigenvalue weighted by molar-refractivity contribution is 5.59. The molecular formula is C17H24N2O4. The fraction of sp³-hybridized carbons (Fsp3) is 0.647. The third-order valence-electron chi connectivity index (χ3n) is 4.70. The molecule has 2 aliphatic heterocycles. The highest BCUT2D eigenvalue weighted by Crippen LogP contribution is 2.52. The number of fused-ring (bicyclic) bond motifs is 1. The first-order valence-corrected chi connectivity index (χ1v) is 8.07. The molecule has 6 nitrogen and oxygen atoms in total.